The summed E-state index contributed by atoms with van der Waals surface area (Å²) >= 11 is 9.62. The highest BCUT2D eigenvalue weighted by Crippen LogP contribution is 2.24. The molecular formula is C30H38N4O10S7. The Morgan fingerprint density at radius 1 is 0.706 bits per heavy atom. The molecule has 6 N–H and O–H groups in total. The molecule has 0 bridgehead atoms. The maximum Gasteiger partial charge on any atom is 0.329 e. The second-order valence-electron chi connectivity index (χ2n) is 9.93. The van der Waals surface area contributed by atoms with Gasteiger partial charge in [-0.05, 0) is 95.1 Å². The number of hydrogen-bond donors (Lipinski definition) is 6. The predicted octanol–water partition coefficient (Wildman–Crippen LogP) is 2.34. The van der Waals surface area contributed by atoms with Crippen molar-refractivity contribution in [3.63, 3.8) is 0 Å². The molecule has 2 unspecified atom stereocenters. The fraction of sp³-hybridized carbons (Fsp3) is 0.400. The van der Waals surface area contributed by atoms with Crippen LogP contribution in [-0.4, -0.2) is 115 Å². The Kier molecular flexibility index (Phi) is 21.2. The quantitative estimate of drug-likeness (QED) is 0.0295. The van der Waals surface area contributed by atoms with Gasteiger partial charge in [-0.1, -0.05) is 46.0 Å². The second kappa shape index (κ2) is 24.1. The van der Waals surface area contributed by atoms with Crippen LogP contribution in [0.5, 0.6) is 0 Å². The lowest BCUT2D eigenvalue weighted by molar-refractivity contribution is -0.145. The van der Waals surface area contributed by atoms with Gasteiger partial charge in [0.1, 0.15) is 12.1 Å². The van der Waals surface area contributed by atoms with Gasteiger partial charge < -0.3 is 30.3 Å². The fourth-order valence-electron chi connectivity index (χ4n) is 3.63. The number of hydrogen-bond acceptors (Lipinski definition) is 18. The van der Waals surface area contributed by atoms with Crippen molar-refractivity contribution < 1.29 is 47.3 Å². The first-order valence-corrected chi connectivity index (χ1v) is 22.1. The zero-order valence-electron chi connectivity index (χ0n) is 27.3. The number of aliphatic hydroxyl groups is 2. The standard InChI is InChI=1S/C30H38N4O10S7/c1-3-43-29(39)25(17-47-49-33-21(13-35)15-45)31-27(37)19-5-9-23(10-6-19)51(41,42)24-11-7-20(8-12-24)28(38)32-26(30(40)44-4-2)18-48-50-34-22(14-36)16-46/h5-12,15-16,21-22,25-26,33-36H,3-4,13-14,17-18H2,1-2H3,(H,31,37)(H,32,38)/t21-,22-,25?,26?/m1/s1. The monoisotopic (exact) mass is 838 g/mol. The first-order chi connectivity index (χ1) is 24.4. The van der Waals surface area contributed by atoms with E-state index in [1.807, 2.05) is 0 Å². The number of esters is 2. The Morgan fingerprint density at radius 3 is 1.35 bits per heavy atom. The summed E-state index contributed by atoms with van der Waals surface area (Å²) in [6, 6.07) is 7.35. The van der Waals surface area contributed by atoms with E-state index in [0.717, 1.165) is 22.0 Å². The molecule has 280 valence electrons. The van der Waals surface area contributed by atoms with Crippen LogP contribution in [0.1, 0.15) is 34.6 Å². The molecule has 2 aromatic carbocycles. The molecule has 0 saturated carbocycles. The molecular weight excluding hydrogens is 801 g/mol. The van der Waals surface area contributed by atoms with E-state index < -0.39 is 57.8 Å². The van der Waals surface area contributed by atoms with Crippen molar-refractivity contribution in [2.75, 3.05) is 37.9 Å². The molecule has 51 heavy (non-hydrogen) atoms. The van der Waals surface area contributed by atoms with E-state index in [1.54, 1.807) is 13.8 Å². The van der Waals surface area contributed by atoms with Gasteiger partial charge in [0.15, 0.2) is 0 Å². The molecule has 2 rings (SSSR count). The van der Waals surface area contributed by atoms with E-state index in [9.17, 15) is 37.8 Å². The third-order valence-electron chi connectivity index (χ3n) is 6.31. The molecule has 21 heteroatoms. The number of carbonyl (C=O) groups is 4. The van der Waals surface area contributed by atoms with E-state index in [1.165, 1.54) is 80.9 Å². The van der Waals surface area contributed by atoms with Crippen LogP contribution >= 0.6 is 68.0 Å². The average Bonchev–Trinajstić information content (AvgIpc) is 3.14. The van der Waals surface area contributed by atoms with Crippen LogP contribution in [0.2, 0.25) is 0 Å². The van der Waals surface area contributed by atoms with Gasteiger partial charge in [-0.2, -0.15) is 0 Å². The van der Waals surface area contributed by atoms with Crippen molar-refractivity contribution in [2.24, 2.45) is 0 Å². The average molecular weight is 839 g/mol. The van der Waals surface area contributed by atoms with Gasteiger partial charge in [-0.15, -0.1) is 0 Å². The van der Waals surface area contributed by atoms with Gasteiger partial charge in [0.05, 0.1) is 48.3 Å². The maximum atomic E-state index is 13.4. The van der Waals surface area contributed by atoms with Gasteiger partial charge in [0.2, 0.25) is 9.84 Å². The van der Waals surface area contributed by atoms with E-state index >= 15 is 0 Å². The first kappa shape index (κ1) is 44.8. The minimum absolute atomic E-state index is 0.0996. The molecule has 0 heterocycles. The number of carbonyl (C=O) groups excluding carboxylic acids is 4. The van der Waals surface area contributed by atoms with E-state index in [4.69, 9.17) is 33.9 Å². The number of sulfone groups is 1. The molecule has 0 spiro atoms. The van der Waals surface area contributed by atoms with Crippen molar-refractivity contribution in [3.05, 3.63) is 59.7 Å². The van der Waals surface area contributed by atoms with Gasteiger partial charge in [-0.25, -0.2) is 27.5 Å². The van der Waals surface area contributed by atoms with Crippen LogP contribution in [-0.2, 0) is 28.9 Å². The van der Waals surface area contributed by atoms with Gasteiger partial charge in [-0.3, -0.25) is 9.59 Å². The minimum Gasteiger partial charge on any atom is -0.464 e. The fourth-order valence-corrected chi connectivity index (χ4v) is 9.26. The zero-order valence-corrected chi connectivity index (χ0v) is 33.1. The van der Waals surface area contributed by atoms with E-state index in [-0.39, 0.29) is 58.9 Å². The largest absolute Gasteiger partial charge is 0.464 e. The summed E-state index contributed by atoms with van der Waals surface area (Å²) in [5.41, 5.74) is 0.199. The molecule has 2 amide bonds. The number of aliphatic hydroxyl groups excluding tert-OH is 2. The molecule has 0 saturated heterocycles. The van der Waals surface area contributed by atoms with Gasteiger partial charge in [0.25, 0.3) is 11.8 Å². The Balaban J connectivity index is 2.09. The summed E-state index contributed by atoms with van der Waals surface area (Å²) in [5, 5.41) is 26.4. The topological polar surface area (TPSA) is 209 Å². The van der Waals surface area contributed by atoms with Crippen LogP contribution in [0.25, 0.3) is 0 Å². The van der Waals surface area contributed by atoms with Crippen LogP contribution in [0.4, 0.5) is 0 Å². The lowest BCUT2D eigenvalue weighted by atomic mass is 10.2. The molecule has 14 nitrogen and oxygen atoms in total. The predicted molar refractivity (Wildman–Crippen MR) is 210 cm³/mol. The summed E-state index contributed by atoms with van der Waals surface area (Å²) in [6.45, 7) is 3.06. The summed E-state index contributed by atoms with van der Waals surface area (Å²) in [4.78, 5) is 50.7. The number of rotatable bonds is 24. The van der Waals surface area contributed by atoms with Crippen molar-refractivity contribution in [1.29, 1.82) is 0 Å². The summed E-state index contributed by atoms with van der Waals surface area (Å²) in [5.74, 6) is -2.31. The number of nitrogens with one attached hydrogen (secondary N) is 4. The minimum atomic E-state index is -4.06. The lowest BCUT2D eigenvalue weighted by Crippen LogP contribution is -2.43. The van der Waals surface area contributed by atoms with Crippen molar-refractivity contribution in [1.82, 2.24) is 20.1 Å². The smallest absolute Gasteiger partial charge is 0.329 e. The van der Waals surface area contributed by atoms with Crippen LogP contribution in [0.3, 0.4) is 0 Å². The SMILES string of the molecule is CCOC(=O)C(CSSN[C@@H](C=S)CO)NC(=O)c1ccc(S(=O)(=O)c2ccc(C(=O)NC(CSSN[C@@H](C=S)CO)C(=O)OCC)cc2)cc1. The van der Waals surface area contributed by atoms with Crippen LogP contribution in [0.15, 0.2) is 58.3 Å². The zero-order chi connectivity index (χ0) is 37.8. The highest BCUT2D eigenvalue weighted by atomic mass is 33.1. The Morgan fingerprint density at radius 2 is 1.06 bits per heavy atom. The molecule has 4 atom stereocenters. The molecule has 0 aliphatic rings. The summed E-state index contributed by atoms with van der Waals surface area (Å²) in [7, 11) is 0.629. The molecule has 0 aromatic heterocycles. The van der Waals surface area contributed by atoms with Gasteiger partial charge in [0, 0.05) is 22.6 Å². The highest BCUT2D eigenvalue weighted by molar-refractivity contribution is 8.76. The van der Waals surface area contributed by atoms with Crippen LogP contribution in [0, 0.1) is 0 Å². The van der Waals surface area contributed by atoms with Gasteiger partial charge >= 0.3 is 11.9 Å². The molecule has 0 aliphatic carbocycles. The number of amides is 2. The normalized spacial score (nSPS) is 13.6. The summed E-state index contributed by atoms with van der Waals surface area (Å²) in [6.07, 6.45) is 0. The van der Waals surface area contributed by atoms with Crippen molar-refractivity contribution >= 4 is 112 Å². The number of ether oxygens (including phenoxy) is 2. The molecule has 0 radical (unpaired) electrons. The number of thiocarbonyl (C=S) groups is 2. The molecule has 0 fully saturated rings. The maximum absolute atomic E-state index is 13.4. The van der Waals surface area contributed by atoms with E-state index in [2.05, 4.69) is 20.1 Å². The second-order valence-corrected chi connectivity index (χ2v) is 16.8. The van der Waals surface area contributed by atoms with Crippen molar-refractivity contribution in [3.8, 4) is 0 Å². The third-order valence-corrected chi connectivity index (χ3v) is 12.8. The summed E-state index contributed by atoms with van der Waals surface area (Å²) < 4.78 is 42.7. The third kappa shape index (κ3) is 14.9. The van der Waals surface area contributed by atoms with Crippen LogP contribution < -0.4 is 20.1 Å². The lowest BCUT2D eigenvalue weighted by Gasteiger charge is -2.18. The Labute approximate surface area is 323 Å². The Bertz CT molecular complexity index is 1460. The highest BCUT2D eigenvalue weighted by Gasteiger charge is 2.26. The van der Waals surface area contributed by atoms with Crippen molar-refractivity contribution in [2.45, 2.75) is 47.8 Å². The number of benzene rings is 2. The molecule has 2 aromatic rings. The van der Waals surface area contributed by atoms with E-state index in [0.29, 0.717) is 0 Å². The molecule has 0 aliphatic heterocycles. The Hall–Kier alpha value is -2.31. The first-order valence-electron chi connectivity index (χ1n) is 15.1.